The van der Waals surface area contributed by atoms with Gasteiger partial charge < -0.3 is 4.90 Å². The molecule has 2 aliphatic heterocycles. The minimum absolute atomic E-state index is 0.0436. The maximum absolute atomic E-state index is 12.8. The molecule has 3 amide bonds. The molecule has 0 aliphatic carbocycles. The number of carbonyl (C=O) groups is 3. The van der Waals surface area contributed by atoms with E-state index in [1.807, 2.05) is 0 Å². The lowest BCUT2D eigenvalue weighted by atomic mass is 10.0. The van der Waals surface area contributed by atoms with Gasteiger partial charge in [0.05, 0.1) is 10.5 Å². The molecule has 0 bridgehead atoms. The van der Waals surface area contributed by atoms with Crippen LogP contribution in [0.4, 0.5) is 18.9 Å². The van der Waals surface area contributed by atoms with E-state index in [0.29, 0.717) is 17.7 Å². The SMILES string of the molecule is O=C1CCC(N2Cc3ccc(NS(=O)(=O)c4ccc(C(F)(F)F)cc4)cc3C2=O)C(=O)N1. The largest absolute Gasteiger partial charge is 0.416 e. The molecule has 4 rings (SSSR count). The van der Waals surface area contributed by atoms with Crippen molar-refractivity contribution in [3.05, 3.63) is 59.2 Å². The number of amides is 3. The van der Waals surface area contributed by atoms with Crippen LogP contribution in [-0.4, -0.2) is 37.1 Å². The van der Waals surface area contributed by atoms with Gasteiger partial charge in [-0.05, 0) is 48.4 Å². The first kappa shape index (κ1) is 21.8. The van der Waals surface area contributed by atoms with Crippen LogP contribution in [0, 0.1) is 0 Å². The Morgan fingerprint density at radius 2 is 1.72 bits per heavy atom. The van der Waals surface area contributed by atoms with Gasteiger partial charge in [-0.1, -0.05) is 6.07 Å². The zero-order valence-electron chi connectivity index (χ0n) is 16.3. The first-order valence-corrected chi connectivity index (χ1v) is 10.9. The number of carbonyl (C=O) groups excluding carboxylic acids is 3. The Balaban J connectivity index is 1.53. The molecule has 2 aromatic carbocycles. The molecule has 2 N–H and O–H groups in total. The van der Waals surface area contributed by atoms with Crippen molar-refractivity contribution in [3.8, 4) is 0 Å². The van der Waals surface area contributed by atoms with Gasteiger partial charge in [-0.2, -0.15) is 13.2 Å². The van der Waals surface area contributed by atoms with E-state index in [0.717, 1.165) is 12.1 Å². The fraction of sp³-hybridized carbons (Fsp3) is 0.250. The summed E-state index contributed by atoms with van der Waals surface area (Å²) in [5.41, 5.74) is -0.158. The third kappa shape index (κ3) is 4.05. The minimum Gasteiger partial charge on any atom is -0.322 e. The smallest absolute Gasteiger partial charge is 0.322 e. The molecule has 8 nitrogen and oxygen atoms in total. The Kier molecular flexibility index (Phi) is 5.19. The second kappa shape index (κ2) is 7.62. The summed E-state index contributed by atoms with van der Waals surface area (Å²) >= 11 is 0. The highest BCUT2D eigenvalue weighted by molar-refractivity contribution is 7.92. The molecule has 2 heterocycles. The lowest BCUT2D eigenvalue weighted by Crippen LogP contribution is -2.52. The number of benzene rings is 2. The Morgan fingerprint density at radius 3 is 2.34 bits per heavy atom. The van der Waals surface area contributed by atoms with Crippen LogP contribution in [0.2, 0.25) is 0 Å². The maximum atomic E-state index is 12.8. The van der Waals surface area contributed by atoms with Gasteiger partial charge in [0.1, 0.15) is 6.04 Å². The van der Waals surface area contributed by atoms with Crippen LogP contribution < -0.4 is 10.0 Å². The highest BCUT2D eigenvalue weighted by atomic mass is 32.2. The topological polar surface area (TPSA) is 113 Å². The van der Waals surface area contributed by atoms with Gasteiger partial charge in [-0.15, -0.1) is 0 Å². The Hall–Kier alpha value is -3.41. The van der Waals surface area contributed by atoms with Gasteiger partial charge >= 0.3 is 6.18 Å². The van der Waals surface area contributed by atoms with E-state index in [4.69, 9.17) is 0 Å². The molecule has 2 aromatic rings. The number of hydrogen-bond donors (Lipinski definition) is 2. The highest BCUT2D eigenvalue weighted by Crippen LogP contribution is 2.32. The lowest BCUT2D eigenvalue weighted by molar-refractivity contribution is -0.138. The average molecular weight is 467 g/mol. The monoisotopic (exact) mass is 467 g/mol. The van der Waals surface area contributed by atoms with Gasteiger partial charge in [0.2, 0.25) is 11.8 Å². The summed E-state index contributed by atoms with van der Waals surface area (Å²) in [5, 5.41) is 2.19. The Bertz CT molecular complexity index is 1230. The van der Waals surface area contributed by atoms with Gasteiger partial charge in [0.15, 0.2) is 0 Å². The molecule has 1 unspecified atom stereocenters. The summed E-state index contributed by atoms with van der Waals surface area (Å²) in [7, 11) is -4.20. The molecule has 168 valence electrons. The number of alkyl halides is 3. The van der Waals surface area contributed by atoms with Crippen molar-refractivity contribution in [1.82, 2.24) is 10.2 Å². The summed E-state index contributed by atoms with van der Waals surface area (Å²) in [6.07, 6.45) is -4.29. The first-order valence-electron chi connectivity index (χ1n) is 9.43. The van der Waals surface area contributed by atoms with E-state index in [-0.39, 0.29) is 35.5 Å². The number of anilines is 1. The highest BCUT2D eigenvalue weighted by Gasteiger charge is 2.39. The van der Waals surface area contributed by atoms with Crippen LogP contribution >= 0.6 is 0 Å². The second-order valence-electron chi connectivity index (χ2n) is 7.40. The lowest BCUT2D eigenvalue weighted by Gasteiger charge is -2.29. The zero-order valence-corrected chi connectivity index (χ0v) is 17.1. The summed E-state index contributed by atoms with van der Waals surface area (Å²) in [4.78, 5) is 37.2. The molecule has 0 aromatic heterocycles. The number of halogens is 3. The Morgan fingerprint density at radius 1 is 1.03 bits per heavy atom. The maximum Gasteiger partial charge on any atom is 0.416 e. The molecule has 12 heteroatoms. The van der Waals surface area contributed by atoms with E-state index in [9.17, 15) is 36.0 Å². The predicted molar refractivity (Wildman–Crippen MR) is 105 cm³/mol. The third-order valence-corrected chi connectivity index (χ3v) is 6.67. The van der Waals surface area contributed by atoms with Crippen LogP contribution in [0.5, 0.6) is 0 Å². The molecular weight excluding hydrogens is 451 g/mol. The standard InChI is InChI=1S/C20H16F3N3O5S/c21-20(22,23)12-2-5-14(6-3-12)32(30,31)25-13-4-1-11-10-26(19(29)15(11)9-13)16-7-8-17(27)24-18(16)28/h1-6,9,16,25H,7-8,10H2,(H,24,27,28). The fourth-order valence-electron chi connectivity index (χ4n) is 3.66. The zero-order chi connectivity index (χ0) is 23.3. The number of piperidine rings is 1. The van der Waals surface area contributed by atoms with Crippen LogP contribution in [0.25, 0.3) is 0 Å². The molecule has 2 aliphatic rings. The van der Waals surface area contributed by atoms with Crippen LogP contribution in [0.1, 0.15) is 34.3 Å². The van der Waals surface area contributed by atoms with Gasteiger partial charge in [0.25, 0.3) is 15.9 Å². The first-order chi connectivity index (χ1) is 15.0. The van der Waals surface area contributed by atoms with Crippen molar-refractivity contribution in [2.75, 3.05) is 4.72 Å². The number of rotatable bonds is 4. The van der Waals surface area contributed by atoms with Crippen molar-refractivity contribution < 1.29 is 36.0 Å². The molecule has 0 radical (unpaired) electrons. The van der Waals surface area contributed by atoms with Crippen LogP contribution in [0.15, 0.2) is 47.4 Å². The summed E-state index contributed by atoms with van der Waals surface area (Å²) < 4.78 is 65.4. The summed E-state index contributed by atoms with van der Waals surface area (Å²) in [6, 6.07) is 6.47. The van der Waals surface area contributed by atoms with Gasteiger partial charge in [0, 0.05) is 24.2 Å². The number of nitrogens with one attached hydrogen (secondary N) is 2. The second-order valence-corrected chi connectivity index (χ2v) is 9.08. The average Bonchev–Trinajstić information content (AvgIpc) is 3.03. The summed E-state index contributed by atoms with van der Waals surface area (Å²) in [5.74, 6) is -1.45. The fourth-order valence-corrected chi connectivity index (χ4v) is 4.70. The number of fused-ring (bicyclic) bond motifs is 1. The normalized spacial score (nSPS) is 19.0. The molecule has 1 saturated heterocycles. The predicted octanol–water partition coefficient (Wildman–Crippen LogP) is 2.27. The van der Waals surface area contributed by atoms with Crippen molar-refractivity contribution >= 4 is 33.4 Å². The molecule has 0 spiro atoms. The molecule has 0 saturated carbocycles. The molecule has 1 atom stereocenters. The molecule has 32 heavy (non-hydrogen) atoms. The quantitative estimate of drug-likeness (QED) is 0.670. The van der Waals surface area contributed by atoms with Crippen molar-refractivity contribution in [2.45, 2.75) is 36.5 Å². The van der Waals surface area contributed by atoms with E-state index >= 15 is 0 Å². The van der Waals surface area contributed by atoms with Crippen LogP contribution in [0.3, 0.4) is 0 Å². The van der Waals surface area contributed by atoms with Crippen molar-refractivity contribution in [3.63, 3.8) is 0 Å². The molecule has 1 fully saturated rings. The molecular formula is C20H16F3N3O5S. The van der Waals surface area contributed by atoms with E-state index in [2.05, 4.69) is 10.0 Å². The number of sulfonamides is 1. The van der Waals surface area contributed by atoms with Crippen molar-refractivity contribution in [1.29, 1.82) is 0 Å². The number of nitrogens with zero attached hydrogens (tertiary/aromatic N) is 1. The van der Waals surface area contributed by atoms with Gasteiger partial charge in [-0.3, -0.25) is 24.4 Å². The van der Waals surface area contributed by atoms with E-state index in [1.165, 1.54) is 23.1 Å². The summed E-state index contributed by atoms with van der Waals surface area (Å²) in [6.45, 7) is 0.131. The van der Waals surface area contributed by atoms with Crippen molar-refractivity contribution in [2.24, 2.45) is 0 Å². The van der Waals surface area contributed by atoms with Gasteiger partial charge in [-0.25, -0.2) is 8.42 Å². The minimum atomic E-state index is -4.59. The van der Waals surface area contributed by atoms with E-state index in [1.54, 1.807) is 0 Å². The number of hydrogen-bond acceptors (Lipinski definition) is 5. The van der Waals surface area contributed by atoms with E-state index < -0.39 is 45.5 Å². The Labute approximate surface area is 180 Å². The third-order valence-electron chi connectivity index (χ3n) is 5.27. The van der Waals surface area contributed by atoms with Crippen LogP contribution in [-0.2, 0) is 32.3 Å². The number of imide groups is 1.